The van der Waals surface area contributed by atoms with Crippen LogP contribution in [0.1, 0.15) is 8.56 Å². The molecule has 0 aromatic heterocycles. The van der Waals surface area contributed by atoms with E-state index in [9.17, 15) is 0 Å². The van der Waals surface area contributed by atoms with Gasteiger partial charge in [0.1, 0.15) is 0 Å². The molecule has 0 aliphatic rings. The fourth-order valence-electron chi connectivity index (χ4n) is 0. The molecule has 0 saturated heterocycles. The normalized spacial score (nSPS) is 0. The van der Waals surface area contributed by atoms with Gasteiger partial charge in [-0.05, 0) is 0 Å². The van der Waals surface area contributed by atoms with Gasteiger partial charge in [-0.3, -0.25) is 0 Å². The van der Waals surface area contributed by atoms with Crippen molar-refractivity contribution in [2.75, 3.05) is 0 Å². The number of hydrogen-bond acceptors (Lipinski definition) is 0. The molecule has 53 heteroatoms. The van der Waals surface area contributed by atoms with Crippen LogP contribution in [0.4, 0.5) is 0 Å². The zero-order valence-electron chi connectivity index (χ0n) is 27.9. The molecule has 0 amide bonds. The van der Waals surface area contributed by atoms with Crippen LogP contribution in [-0.2, 0) is 491 Å². The zero-order chi connectivity index (χ0) is 0. The van der Waals surface area contributed by atoms with Crippen LogP contribution in [0.2, 0.25) is 0 Å². The summed E-state index contributed by atoms with van der Waals surface area (Å²) in [5, 5.41) is 0. The Morgan fingerprint density at radius 3 is 0.0755 bits per heavy atom. The van der Waals surface area contributed by atoms with Crippen molar-refractivity contribution in [1.29, 1.82) is 0 Å². The van der Waals surface area contributed by atoms with E-state index in [4.69, 9.17) is 0 Å². The van der Waals surface area contributed by atoms with Gasteiger partial charge in [0.15, 0.2) is 0 Å². The zero-order valence-corrected chi connectivity index (χ0v) is 60.1. The van der Waals surface area contributed by atoms with E-state index >= 15 is 0 Å². The van der Waals surface area contributed by atoms with E-state index in [0.29, 0.717) is 0 Å². The van der Waals surface area contributed by atoms with Crippen LogP contribution in [0.3, 0.4) is 0 Å². The van der Waals surface area contributed by atoms with Gasteiger partial charge in [-0.2, -0.15) is 0 Å². The first-order chi connectivity index (χ1) is 0. The summed E-state index contributed by atoms with van der Waals surface area (Å²) >= 11 is 0. The van der Waals surface area contributed by atoms with Crippen molar-refractivity contribution in [1.82, 2.24) is 0 Å². The van der Waals surface area contributed by atoms with Crippen LogP contribution < -0.4 is 0 Å². The fourth-order valence-corrected chi connectivity index (χ4v) is 0. The summed E-state index contributed by atoms with van der Waals surface area (Å²) in [6.45, 7) is 0. The summed E-state index contributed by atoms with van der Waals surface area (Å²) in [6, 6.07) is 0. The maximum absolute atomic E-state index is 0. The second-order valence-electron chi connectivity index (χ2n) is 0. The molecule has 0 rings (SSSR count). The van der Waals surface area contributed by atoms with Crippen LogP contribution in [0, 0.1) is 0 Å². The Morgan fingerprint density at radius 1 is 0.0755 bits per heavy atom. The Kier molecular flexibility index (Phi) is 286000. The van der Waals surface area contributed by atoms with E-state index in [-0.39, 0.29) is 500 Å². The summed E-state index contributed by atoms with van der Waals surface area (Å²) in [5.74, 6) is 0. The van der Waals surface area contributed by atoms with Gasteiger partial charge in [0.05, 0.1) is 0 Å². The van der Waals surface area contributed by atoms with Crippen molar-refractivity contribution in [2.24, 2.45) is 0 Å². The van der Waals surface area contributed by atoms with Crippen molar-refractivity contribution in [3.63, 3.8) is 0 Å². The molecule has 40 nitrogen and oxygen atoms in total. The Bertz CT molecular complexity index is 75.7. The van der Waals surface area contributed by atoms with E-state index in [0.717, 1.165) is 0 Å². The van der Waals surface area contributed by atoms with Crippen molar-refractivity contribution in [3.8, 4) is 0 Å². The maximum Gasteiger partial charge on any atom is 2.00 e. The van der Waals surface area contributed by atoms with Gasteiger partial charge in [-0.25, -0.2) is 0 Å². The standard InChI is InChI=1S/40O.12W.Zn/q40*-2;;;;;;;;;;;;;+2/p+6. The van der Waals surface area contributed by atoms with Gasteiger partial charge in [0.25, 0.3) is 0 Å². The fraction of sp³-hybridized carbons (Fsp3) is 0. The molecular formula is H6O40W12Zn-72. The minimum absolute atomic E-state index is 0. The average Bonchev–Trinajstić information content (AvgIpc) is 0. The molecule has 0 unspecified atom stereocenters. The van der Waals surface area contributed by atoms with Crippen LogP contribution in [0.15, 0.2) is 0 Å². The molecule has 0 aromatic carbocycles. The molecule has 0 bridgehead atoms. The van der Waals surface area contributed by atoms with Crippen molar-refractivity contribution < 1.29 is 500 Å². The Hall–Kier alpha value is 7.28. The third-order valence-corrected chi connectivity index (χ3v) is 0. The van der Waals surface area contributed by atoms with Gasteiger partial charge in [0, 0.05) is 253 Å². The van der Waals surface area contributed by atoms with Gasteiger partial charge in [-0.1, -0.05) is 0 Å². The Labute approximate surface area is 493 Å². The van der Waals surface area contributed by atoms with Gasteiger partial charge in [0.2, 0.25) is 0 Å². The van der Waals surface area contributed by atoms with E-state index in [1.165, 1.54) is 0 Å². The summed E-state index contributed by atoms with van der Waals surface area (Å²) in [5.41, 5.74) is 0. The molecule has 0 aliphatic heterocycles. The summed E-state index contributed by atoms with van der Waals surface area (Å²) in [4.78, 5) is 0. The predicted molar refractivity (Wildman–Crippen MR) is 34.1 cm³/mol. The second kappa shape index (κ2) is 3800. The van der Waals surface area contributed by atoms with E-state index in [1.807, 2.05) is 0 Å². The van der Waals surface area contributed by atoms with Gasteiger partial charge >= 0.3 is 28.0 Å². The quantitative estimate of drug-likeness (QED) is 0.209. The van der Waals surface area contributed by atoms with Crippen molar-refractivity contribution in [2.45, 2.75) is 0 Å². The summed E-state index contributed by atoms with van der Waals surface area (Å²) < 4.78 is 0. The van der Waals surface area contributed by atoms with Crippen LogP contribution in [0.25, 0.3) is 0 Å². The molecule has 0 saturated carbocycles. The third-order valence-electron chi connectivity index (χ3n) is 0. The van der Waals surface area contributed by atoms with Gasteiger partial charge in [-0.15, -0.1) is 0 Å². The van der Waals surface area contributed by atoms with Gasteiger partial charge < -0.3 is 219 Å². The Morgan fingerprint density at radius 2 is 0.0755 bits per heavy atom. The van der Waals surface area contributed by atoms with E-state index in [1.54, 1.807) is 0 Å². The number of hydrogen-bond donors (Lipinski definition) is 0. The molecule has 392 valence electrons. The number of rotatable bonds is 0. The minimum atomic E-state index is 0. The maximum atomic E-state index is 0. The largest absolute Gasteiger partial charge is 2.00 e. The van der Waals surface area contributed by atoms with Crippen LogP contribution in [0.5, 0.6) is 0 Å². The molecule has 0 fully saturated rings. The first-order valence-corrected chi connectivity index (χ1v) is 0. The molecule has 0 radical (unpaired) electrons. The molecule has 0 heterocycles. The van der Waals surface area contributed by atoms with Crippen molar-refractivity contribution >= 4 is 0 Å². The molecule has 0 aliphatic carbocycles. The Balaban J connectivity index is 0. The summed E-state index contributed by atoms with van der Waals surface area (Å²) in [7, 11) is 0. The smallest absolute Gasteiger partial charge is 2.00 e. The molecule has 53 heavy (non-hydrogen) atoms. The molecule has 0 N–H and O–H groups in total. The third kappa shape index (κ3) is 3670. The van der Waals surface area contributed by atoms with E-state index in [2.05, 4.69) is 0 Å². The monoisotopic (exact) mass is 2920 g/mol. The van der Waals surface area contributed by atoms with Crippen LogP contribution >= 0.6 is 0 Å². The second-order valence-corrected chi connectivity index (χ2v) is 0. The van der Waals surface area contributed by atoms with Crippen molar-refractivity contribution in [3.05, 3.63) is 0 Å². The summed E-state index contributed by atoms with van der Waals surface area (Å²) in [6.07, 6.45) is 0. The molecular weight excluding hydrogens is 2910 g/mol. The predicted octanol–water partition coefficient (Wildman–Crippen LogP) is -4.11. The van der Waals surface area contributed by atoms with Crippen LogP contribution in [-0.4, -0.2) is 0 Å². The SMILES string of the molecule is [H+].[H+].[H+].[H+].[H+].[H+].[O-2].[O-2].[O-2].[O-2].[O-2].[O-2].[O-2].[O-2].[O-2].[O-2].[O-2].[O-2].[O-2].[O-2].[O-2].[O-2].[O-2].[O-2].[O-2].[O-2].[O-2].[O-2].[O-2].[O-2].[O-2].[O-2].[O-2].[O-2].[O-2].[O-2].[O-2].[O-2].[O-2].[O-2].[O-2].[O-2].[O-2].[O-2].[O-2].[O-2].[W].[W].[W].[W].[W].[W].[W].[W].[W].[W].[W].[W].[Zn+2]. The average molecular weight is 2920 g/mol. The van der Waals surface area contributed by atoms with E-state index < -0.39 is 0 Å². The molecule has 0 atom stereocenters. The topological polar surface area (TPSA) is 1140 Å². The first kappa shape index (κ1) is 3990. The minimum Gasteiger partial charge on any atom is -2.00 e. The molecule has 0 spiro atoms. The molecule has 0 aromatic rings. The first-order valence-electron chi connectivity index (χ1n) is 0.